The van der Waals surface area contributed by atoms with Crippen molar-refractivity contribution in [3.8, 4) is 0 Å². The molecule has 0 bridgehead atoms. The molecule has 0 aromatic heterocycles. The molecule has 2 N–H and O–H groups in total. The summed E-state index contributed by atoms with van der Waals surface area (Å²) in [4.78, 5) is 13.7. The Morgan fingerprint density at radius 2 is 2.06 bits per heavy atom. The van der Waals surface area contributed by atoms with Crippen LogP contribution in [-0.2, 0) is 4.79 Å². The van der Waals surface area contributed by atoms with Crippen LogP contribution in [0.1, 0.15) is 25.7 Å². The Kier molecular flexibility index (Phi) is 3.49. The summed E-state index contributed by atoms with van der Waals surface area (Å²) in [5.41, 5.74) is 7.37. The van der Waals surface area contributed by atoms with E-state index in [0.29, 0.717) is 12.1 Å². The molecule has 16 heavy (non-hydrogen) atoms. The number of anilines is 2. The van der Waals surface area contributed by atoms with Gasteiger partial charge >= 0.3 is 0 Å². The number of nitrogens with zero attached hydrogens (tertiary/aromatic N) is 1. The molecule has 2 rings (SSSR count). The molecule has 0 spiro atoms. The maximum Gasteiger partial charge on any atom is 0.226 e. The summed E-state index contributed by atoms with van der Waals surface area (Å²) in [6.07, 6.45) is 3.87. The summed E-state index contributed by atoms with van der Waals surface area (Å²) >= 11 is 3.39. The van der Waals surface area contributed by atoms with Crippen LogP contribution in [0.3, 0.4) is 0 Å². The minimum absolute atomic E-state index is 0.217. The zero-order valence-corrected chi connectivity index (χ0v) is 10.7. The topological polar surface area (TPSA) is 46.3 Å². The molecule has 4 heteroatoms. The van der Waals surface area contributed by atoms with E-state index < -0.39 is 0 Å². The first-order valence-electron chi connectivity index (χ1n) is 5.54. The first-order valence-corrected chi connectivity index (χ1v) is 6.33. The van der Waals surface area contributed by atoms with Gasteiger partial charge in [-0.15, -0.1) is 0 Å². The average molecular weight is 283 g/mol. The van der Waals surface area contributed by atoms with Crippen molar-refractivity contribution in [3.05, 3.63) is 22.7 Å². The summed E-state index contributed by atoms with van der Waals surface area (Å²) in [5.74, 6) is 0.217. The van der Waals surface area contributed by atoms with Crippen molar-refractivity contribution >= 4 is 33.2 Å². The van der Waals surface area contributed by atoms with Gasteiger partial charge in [0.1, 0.15) is 0 Å². The van der Waals surface area contributed by atoms with Crippen molar-refractivity contribution in [1.29, 1.82) is 0 Å². The van der Waals surface area contributed by atoms with Crippen molar-refractivity contribution in [2.45, 2.75) is 25.7 Å². The Morgan fingerprint density at radius 1 is 1.25 bits per heavy atom. The van der Waals surface area contributed by atoms with Crippen LogP contribution < -0.4 is 10.6 Å². The normalized spacial score (nSPS) is 17.3. The number of nitrogen functional groups attached to an aromatic ring is 1. The smallest absolute Gasteiger partial charge is 0.226 e. The van der Waals surface area contributed by atoms with Crippen molar-refractivity contribution in [2.75, 3.05) is 17.2 Å². The molecule has 1 aliphatic heterocycles. The molecule has 0 atom stereocenters. The van der Waals surface area contributed by atoms with Crippen molar-refractivity contribution in [2.24, 2.45) is 0 Å². The van der Waals surface area contributed by atoms with Gasteiger partial charge in [0.2, 0.25) is 5.91 Å². The minimum atomic E-state index is 0.217. The van der Waals surface area contributed by atoms with Gasteiger partial charge in [0.15, 0.2) is 0 Å². The highest BCUT2D eigenvalue weighted by Gasteiger charge is 2.18. The van der Waals surface area contributed by atoms with E-state index >= 15 is 0 Å². The number of amides is 1. The first kappa shape index (κ1) is 11.5. The second kappa shape index (κ2) is 4.87. The van der Waals surface area contributed by atoms with Gasteiger partial charge in [-0.05, 0) is 47.0 Å². The quantitative estimate of drug-likeness (QED) is 0.805. The number of rotatable bonds is 1. The lowest BCUT2D eigenvalue weighted by Gasteiger charge is -2.21. The van der Waals surface area contributed by atoms with Gasteiger partial charge in [0, 0.05) is 28.8 Å². The number of hydrogen-bond acceptors (Lipinski definition) is 2. The SMILES string of the molecule is Nc1ccc(N2CCCCCC2=O)cc1Br. The van der Waals surface area contributed by atoms with Crippen molar-refractivity contribution in [1.82, 2.24) is 0 Å². The third-order valence-corrected chi connectivity index (χ3v) is 3.56. The monoisotopic (exact) mass is 282 g/mol. The maximum absolute atomic E-state index is 11.9. The molecule has 3 nitrogen and oxygen atoms in total. The van der Waals surface area contributed by atoms with E-state index in [9.17, 15) is 4.79 Å². The molecular formula is C12H15BrN2O. The zero-order chi connectivity index (χ0) is 11.5. The predicted octanol–water partition coefficient (Wildman–Crippen LogP) is 2.94. The summed E-state index contributed by atoms with van der Waals surface area (Å²) < 4.78 is 0.849. The van der Waals surface area contributed by atoms with Crippen LogP contribution in [0.25, 0.3) is 0 Å². The van der Waals surface area contributed by atoms with Crippen LogP contribution in [0.4, 0.5) is 11.4 Å². The first-order chi connectivity index (χ1) is 7.68. The summed E-state index contributed by atoms with van der Waals surface area (Å²) in [7, 11) is 0. The molecule has 0 saturated carbocycles. The number of hydrogen-bond donors (Lipinski definition) is 1. The Labute approximate surface area is 104 Å². The summed E-state index contributed by atoms with van der Waals surface area (Å²) in [5, 5.41) is 0. The molecule has 1 aromatic carbocycles. The second-order valence-corrected chi connectivity index (χ2v) is 4.92. The molecule has 1 aromatic rings. The van der Waals surface area contributed by atoms with E-state index in [4.69, 9.17) is 5.73 Å². The standard InChI is InChI=1S/C12H15BrN2O/c13-10-8-9(5-6-11(10)14)15-7-3-1-2-4-12(15)16/h5-6,8H,1-4,7,14H2. The van der Waals surface area contributed by atoms with E-state index in [1.807, 2.05) is 23.1 Å². The molecule has 1 fully saturated rings. The number of nitrogens with two attached hydrogens (primary N) is 1. The molecule has 1 heterocycles. The summed E-state index contributed by atoms with van der Waals surface area (Å²) in [6.45, 7) is 0.815. The van der Waals surface area contributed by atoms with Gasteiger partial charge in [0.25, 0.3) is 0 Å². The van der Waals surface area contributed by atoms with E-state index in [1.54, 1.807) is 0 Å². The zero-order valence-electron chi connectivity index (χ0n) is 9.08. The Morgan fingerprint density at radius 3 is 2.81 bits per heavy atom. The highest BCUT2D eigenvalue weighted by atomic mass is 79.9. The van der Waals surface area contributed by atoms with Crippen LogP contribution in [-0.4, -0.2) is 12.5 Å². The number of carbonyl (C=O) groups is 1. The van der Waals surface area contributed by atoms with E-state index in [2.05, 4.69) is 15.9 Å². The maximum atomic E-state index is 11.9. The van der Waals surface area contributed by atoms with E-state index in [-0.39, 0.29) is 5.91 Å². The molecule has 0 unspecified atom stereocenters. The predicted molar refractivity (Wildman–Crippen MR) is 69.4 cm³/mol. The Balaban J connectivity index is 2.27. The van der Waals surface area contributed by atoms with E-state index in [0.717, 1.165) is 36.0 Å². The fraction of sp³-hybridized carbons (Fsp3) is 0.417. The average Bonchev–Trinajstić information content (AvgIpc) is 2.47. The van der Waals surface area contributed by atoms with Gasteiger partial charge in [0.05, 0.1) is 0 Å². The number of carbonyl (C=O) groups excluding carboxylic acids is 1. The van der Waals surface area contributed by atoms with Crippen LogP contribution in [0.2, 0.25) is 0 Å². The van der Waals surface area contributed by atoms with Crippen LogP contribution in [0.15, 0.2) is 22.7 Å². The summed E-state index contributed by atoms with van der Waals surface area (Å²) in [6, 6.07) is 5.65. The van der Waals surface area contributed by atoms with Crippen LogP contribution in [0.5, 0.6) is 0 Å². The van der Waals surface area contributed by atoms with Gasteiger partial charge in [-0.3, -0.25) is 4.79 Å². The minimum Gasteiger partial charge on any atom is -0.398 e. The highest BCUT2D eigenvalue weighted by molar-refractivity contribution is 9.10. The Bertz CT molecular complexity index is 406. The number of benzene rings is 1. The molecule has 1 aliphatic rings. The lowest BCUT2D eigenvalue weighted by atomic mass is 10.2. The largest absolute Gasteiger partial charge is 0.398 e. The lowest BCUT2D eigenvalue weighted by molar-refractivity contribution is -0.118. The molecule has 1 saturated heterocycles. The van der Waals surface area contributed by atoms with E-state index in [1.165, 1.54) is 0 Å². The van der Waals surface area contributed by atoms with Gasteiger partial charge in [-0.1, -0.05) is 6.42 Å². The Hall–Kier alpha value is -1.03. The molecular weight excluding hydrogens is 268 g/mol. The second-order valence-electron chi connectivity index (χ2n) is 4.06. The van der Waals surface area contributed by atoms with Crippen molar-refractivity contribution in [3.63, 3.8) is 0 Å². The van der Waals surface area contributed by atoms with Gasteiger partial charge in [-0.2, -0.15) is 0 Å². The number of halogens is 1. The fourth-order valence-corrected chi connectivity index (χ4v) is 2.31. The van der Waals surface area contributed by atoms with Gasteiger partial charge < -0.3 is 10.6 Å². The van der Waals surface area contributed by atoms with Crippen molar-refractivity contribution < 1.29 is 4.79 Å². The lowest BCUT2D eigenvalue weighted by Crippen LogP contribution is -2.29. The third kappa shape index (κ3) is 2.38. The molecule has 86 valence electrons. The highest BCUT2D eigenvalue weighted by Crippen LogP contribution is 2.27. The van der Waals surface area contributed by atoms with Gasteiger partial charge in [-0.25, -0.2) is 0 Å². The third-order valence-electron chi connectivity index (χ3n) is 2.87. The molecule has 1 amide bonds. The van der Waals surface area contributed by atoms with Crippen LogP contribution in [0, 0.1) is 0 Å². The molecule has 0 radical (unpaired) electrons. The molecule has 0 aliphatic carbocycles. The fourth-order valence-electron chi connectivity index (χ4n) is 1.94. The van der Waals surface area contributed by atoms with Crippen LogP contribution >= 0.6 is 15.9 Å².